The van der Waals surface area contributed by atoms with Gasteiger partial charge in [0.2, 0.25) is 0 Å². The SMILES string of the molecule is CCC(C)C.Cc1cc(OCC(C)C)cc(C(N)=S)c1. The monoisotopic (exact) mass is 295 g/mol. The quantitative estimate of drug-likeness (QED) is 0.799. The normalized spacial score (nSPS) is 10.2. The van der Waals surface area contributed by atoms with Crippen molar-refractivity contribution in [2.45, 2.75) is 48.0 Å². The van der Waals surface area contributed by atoms with Crippen LogP contribution in [0.2, 0.25) is 0 Å². The summed E-state index contributed by atoms with van der Waals surface area (Å²) in [6.45, 7) is 13.6. The van der Waals surface area contributed by atoms with E-state index in [1.54, 1.807) is 0 Å². The Morgan fingerprint density at radius 3 is 2.10 bits per heavy atom. The molecule has 2 N–H and O–H groups in total. The molecular weight excluding hydrogens is 266 g/mol. The molecule has 3 heteroatoms. The van der Waals surface area contributed by atoms with Crippen molar-refractivity contribution < 1.29 is 4.74 Å². The number of nitrogens with two attached hydrogens (primary N) is 1. The topological polar surface area (TPSA) is 35.2 Å². The van der Waals surface area contributed by atoms with Crippen molar-refractivity contribution in [2.24, 2.45) is 17.6 Å². The summed E-state index contributed by atoms with van der Waals surface area (Å²) >= 11 is 4.94. The van der Waals surface area contributed by atoms with Crippen LogP contribution in [0.5, 0.6) is 5.75 Å². The zero-order valence-corrected chi connectivity index (χ0v) is 14.5. The van der Waals surface area contributed by atoms with Crippen LogP contribution in [0.4, 0.5) is 0 Å². The number of hydrogen-bond donors (Lipinski definition) is 1. The van der Waals surface area contributed by atoms with Crippen LogP contribution in [-0.4, -0.2) is 11.6 Å². The molecule has 0 saturated heterocycles. The summed E-state index contributed by atoms with van der Waals surface area (Å²) in [6.07, 6.45) is 1.31. The Hall–Kier alpha value is -1.09. The van der Waals surface area contributed by atoms with Gasteiger partial charge in [-0.2, -0.15) is 0 Å². The summed E-state index contributed by atoms with van der Waals surface area (Å²) in [6, 6.07) is 5.84. The van der Waals surface area contributed by atoms with Crippen molar-refractivity contribution in [2.75, 3.05) is 6.61 Å². The molecule has 20 heavy (non-hydrogen) atoms. The van der Waals surface area contributed by atoms with E-state index in [-0.39, 0.29) is 0 Å². The summed E-state index contributed by atoms with van der Waals surface area (Å²) in [4.78, 5) is 0.410. The third-order valence-corrected chi connectivity index (χ3v) is 2.97. The molecule has 0 atom stereocenters. The van der Waals surface area contributed by atoms with Crippen molar-refractivity contribution in [3.63, 3.8) is 0 Å². The molecule has 2 nitrogen and oxygen atoms in total. The van der Waals surface area contributed by atoms with E-state index in [2.05, 4.69) is 34.6 Å². The molecule has 0 radical (unpaired) electrons. The molecule has 114 valence electrons. The van der Waals surface area contributed by atoms with Crippen LogP contribution in [-0.2, 0) is 0 Å². The largest absolute Gasteiger partial charge is 0.493 e. The summed E-state index contributed by atoms with van der Waals surface area (Å²) in [5, 5.41) is 0. The lowest BCUT2D eigenvalue weighted by atomic mass is 10.1. The van der Waals surface area contributed by atoms with Gasteiger partial charge in [0.25, 0.3) is 0 Å². The van der Waals surface area contributed by atoms with Gasteiger partial charge in [0.05, 0.1) is 6.61 Å². The molecule has 0 amide bonds. The van der Waals surface area contributed by atoms with Crippen LogP contribution < -0.4 is 10.5 Å². The predicted octanol–water partition coefficient (Wildman–Crippen LogP) is 4.72. The Morgan fingerprint density at radius 2 is 1.70 bits per heavy atom. The van der Waals surface area contributed by atoms with E-state index in [9.17, 15) is 0 Å². The first-order chi connectivity index (χ1) is 9.26. The predicted molar refractivity (Wildman–Crippen MR) is 92.5 cm³/mol. The maximum Gasteiger partial charge on any atom is 0.120 e. The highest BCUT2D eigenvalue weighted by molar-refractivity contribution is 7.80. The molecule has 0 spiro atoms. The summed E-state index contributed by atoms with van der Waals surface area (Å²) < 4.78 is 5.62. The van der Waals surface area contributed by atoms with E-state index in [1.807, 2.05) is 25.1 Å². The Morgan fingerprint density at radius 1 is 1.15 bits per heavy atom. The third-order valence-electron chi connectivity index (χ3n) is 2.74. The Balaban J connectivity index is 0.000000621. The fraction of sp³-hybridized carbons (Fsp3) is 0.588. The van der Waals surface area contributed by atoms with E-state index in [0.29, 0.717) is 17.5 Å². The number of hydrogen-bond acceptors (Lipinski definition) is 2. The molecule has 0 aliphatic heterocycles. The molecule has 1 aromatic carbocycles. The van der Waals surface area contributed by atoms with Crippen LogP contribution in [0.25, 0.3) is 0 Å². The van der Waals surface area contributed by atoms with Gasteiger partial charge in [0.15, 0.2) is 0 Å². The van der Waals surface area contributed by atoms with Gasteiger partial charge in [-0.05, 0) is 42.5 Å². The number of ether oxygens (including phenoxy) is 1. The molecule has 0 heterocycles. The molecule has 0 fully saturated rings. The molecule has 0 aromatic heterocycles. The Bertz CT molecular complexity index is 413. The van der Waals surface area contributed by atoms with Crippen LogP contribution in [0.3, 0.4) is 0 Å². The first kappa shape index (κ1) is 18.9. The Kier molecular flexibility index (Phi) is 9.23. The lowest BCUT2D eigenvalue weighted by Gasteiger charge is -2.10. The molecule has 1 aromatic rings. The van der Waals surface area contributed by atoms with Gasteiger partial charge in [0.1, 0.15) is 10.7 Å². The minimum atomic E-state index is 0.410. The average Bonchev–Trinajstić information content (AvgIpc) is 2.36. The first-order valence-electron chi connectivity index (χ1n) is 7.30. The maximum absolute atomic E-state index is 5.62. The molecule has 1 rings (SSSR count). The molecule has 0 saturated carbocycles. The van der Waals surface area contributed by atoms with Gasteiger partial charge in [-0.15, -0.1) is 0 Å². The van der Waals surface area contributed by atoms with Gasteiger partial charge in [-0.3, -0.25) is 0 Å². The van der Waals surface area contributed by atoms with E-state index >= 15 is 0 Å². The average molecular weight is 295 g/mol. The zero-order valence-electron chi connectivity index (χ0n) is 13.7. The second-order valence-corrected chi connectivity index (χ2v) is 6.35. The van der Waals surface area contributed by atoms with Gasteiger partial charge < -0.3 is 10.5 Å². The van der Waals surface area contributed by atoms with E-state index in [1.165, 1.54) is 6.42 Å². The molecule has 0 aliphatic rings. The summed E-state index contributed by atoms with van der Waals surface area (Å²) in [5.74, 6) is 2.24. The van der Waals surface area contributed by atoms with E-state index < -0.39 is 0 Å². The van der Waals surface area contributed by atoms with Crippen molar-refractivity contribution in [1.29, 1.82) is 0 Å². The number of benzene rings is 1. The van der Waals surface area contributed by atoms with E-state index in [0.717, 1.165) is 22.8 Å². The molecule has 0 unspecified atom stereocenters. The number of rotatable bonds is 5. The van der Waals surface area contributed by atoms with Gasteiger partial charge in [-0.25, -0.2) is 0 Å². The van der Waals surface area contributed by atoms with Crippen LogP contribution in [0.15, 0.2) is 18.2 Å². The fourth-order valence-electron chi connectivity index (χ4n) is 1.24. The highest BCUT2D eigenvalue weighted by atomic mass is 32.1. The lowest BCUT2D eigenvalue weighted by molar-refractivity contribution is 0.271. The highest BCUT2D eigenvalue weighted by Crippen LogP contribution is 2.17. The fourth-order valence-corrected chi connectivity index (χ4v) is 1.35. The van der Waals surface area contributed by atoms with Crippen molar-refractivity contribution in [3.05, 3.63) is 29.3 Å². The second kappa shape index (κ2) is 9.76. The third kappa shape index (κ3) is 8.92. The zero-order chi connectivity index (χ0) is 15.7. The minimum absolute atomic E-state index is 0.410. The first-order valence-corrected chi connectivity index (χ1v) is 7.71. The van der Waals surface area contributed by atoms with Gasteiger partial charge in [-0.1, -0.05) is 53.3 Å². The minimum Gasteiger partial charge on any atom is -0.493 e. The van der Waals surface area contributed by atoms with Crippen molar-refractivity contribution in [3.8, 4) is 5.75 Å². The van der Waals surface area contributed by atoms with Gasteiger partial charge >= 0.3 is 0 Å². The van der Waals surface area contributed by atoms with Crippen LogP contribution in [0.1, 0.15) is 52.2 Å². The molecular formula is C17H29NOS. The van der Waals surface area contributed by atoms with Crippen molar-refractivity contribution >= 4 is 17.2 Å². The molecule has 0 aliphatic carbocycles. The number of thiocarbonyl (C=S) groups is 1. The number of aryl methyl sites for hydroxylation is 1. The van der Waals surface area contributed by atoms with Crippen molar-refractivity contribution in [1.82, 2.24) is 0 Å². The van der Waals surface area contributed by atoms with E-state index in [4.69, 9.17) is 22.7 Å². The van der Waals surface area contributed by atoms with Gasteiger partial charge in [0, 0.05) is 5.56 Å². The second-order valence-electron chi connectivity index (χ2n) is 5.91. The lowest BCUT2D eigenvalue weighted by Crippen LogP contribution is -2.10. The summed E-state index contributed by atoms with van der Waals surface area (Å²) in [5.41, 5.74) is 7.56. The van der Waals surface area contributed by atoms with Crippen LogP contribution in [0, 0.1) is 18.8 Å². The van der Waals surface area contributed by atoms with Crippen LogP contribution >= 0.6 is 12.2 Å². The summed E-state index contributed by atoms with van der Waals surface area (Å²) in [7, 11) is 0. The highest BCUT2D eigenvalue weighted by Gasteiger charge is 2.02. The Labute approximate surface area is 129 Å². The maximum atomic E-state index is 5.62. The smallest absolute Gasteiger partial charge is 0.120 e. The standard InChI is InChI=1S/C12H17NOS.C5H12/c1-8(2)7-14-11-5-9(3)4-10(6-11)12(13)15;1-4-5(2)3/h4-6,8H,7H2,1-3H3,(H2,13,15);5H,4H2,1-3H3. The molecule has 0 bridgehead atoms.